The van der Waals surface area contributed by atoms with Gasteiger partial charge in [-0.1, -0.05) is 25.5 Å². The van der Waals surface area contributed by atoms with Crippen molar-refractivity contribution < 1.29 is 8.78 Å². The van der Waals surface area contributed by atoms with Crippen LogP contribution in [0.2, 0.25) is 0 Å². The largest absolute Gasteiger partial charge is 0.330 e. The van der Waals surface area contributed by atoms with Crippen LogP contribution >= 0.6 is 0 Å². The predicted molar refractivity (Wildman–Crippen MR) is 77.4 cm³/mol. The van der Waals surface area contributed by atoms with Crippen LogP contribution in [0.4, 0.5) is 8.78 Å². The van der Waals surface area contributed by atoms with E-state index in [4.69, 9.17) is 5.73 Å². The van der Waals surface area contributed by atoms with E-state index in [0.29, 0.717) is 12.1 Å². The van der Waals surface area contributed by atoms with E-state index in [1.165, 1.54) is 6.07 Å². The lowest BCUT2D eigenvalue weighted by atomic mass is 9.88. The Hall–Kier alpha value is -1.00. The Morgan fingerprint density at radius 3 is 2.80 bits per heavy atom. The molecule has 1 saturated heterocycles. The molecule has 0 saturated carbocycles. The molecule has 2 nitrogen and oxygen atoms in total. The third kappa shape index (κ3) is 3.18. The number of halogens is 2. The Morgan fingerprint density at radius 1 is 1.30 bits per heavy atom. The van der Waals surface area contributed by atoms with Crippen molar-refractivity contribution in [1.82, 2.24) is 4.90 Å². The maximum Gasteiger partial charge on any atom is 0.163 e. The maximum absolute atomic E-state index is 14.2. The topological polar surface area (TPSA) is 29.3 Å². The lowest BCUT2D eigenvalue weighted by molar-refractivity contribution is 0.154. The van der Waals surface area contributed by atoms with Gasteiger partial charge in [0.15, 0.2) is 11.6 Å². The molecule has 1 aromatic carbocycles. The Morgan fingerprint density at radius 2 is 2.10 bits per heavy atom. The molecule has 2 N–H and O–H groups in total. The van der Waals surface area contributed by atoms with Crippen molar-refractivity contribution in [3.63, 3.8) is 0 Å². The first-order chi connectivity index (χ1) is 9.69. The highest BCUT2D eigenvalue weighted by Crippen LogP contribution is 2.36. The van der Waals surface area contributed by atoms with E-state index in [1.807, 2.05) is 0 Å². The molecule has 1 aromatic rings. The molecule has 2 rings (SSSR count). The van der Waals surface area contributed by atoms with Gasteiger partial charge in [0.2, 0.25) is 0 Å². The third-order valence-corrected chi connectivity index (χ3v) is 4.22. The second kappa shape index (κ2) is 7.14. The molecule has 20 heavy (non-hydrogen) atoms. The first kappa shape index (κ1) is 15.4. The van der Waals surface area contributed by atoms with Crippen LogP contribution in [-0.4, -0.2) is 24.5 Å². The van der Waals surface area contributed by atoms with E-state index < -0.39 is 11.6 Å². The van der Waals surface area contributed by atoms with Crippen molar-refractivity contribution in [2.75, 3.05) is 19.6 Å². The molecular formula is C16H24F2N2. The van der Waals surface area contributed by atoms with Crippen LogP contribution in [-0.2, 0) is 0 Å². The summed E-state index contributed by atoms with van der Waals surface area (Å²) >= 11 is 0. The van der Waals surface area contributed by atoms with Crippen molar-refractivity contribution in [3.05, 3.63) is 35.4 Å². The van der Waals surface area contributed by atoms with Gasteiger partial charge in [-0.3, -0.25) is 4.90 Å². The summed E-state index contributed by atoms with van der Waals surface area (Å²) in [5, 5.41) is 0. The molecule has 2 atom stereocenters. The molecule has 0 spiro atoms. The Bertz CT molecular complexity index is 436. The van der Waals surface area contributed by atoms with E-state index >= 15 is 0 Å². The monoisotopic (exact) mass is 282 g/mol. The van der Waals surface area contributed by atoms with Crippen molar-refractivity contribution in [2.24, 2.45) is 11.7 Å². The molecular weight excluding hydrogens is 258 g/mol. The normalized spacial score (nSPS) is 24.6. The van der Waals surface area contributed by atoms with Crippen LogP contribution in [0.1, 0.15) is 44.2 Å². The van der Waals surface area contributed by atoms with E-state index in [2.05, 4.69) is 11.8 Å². The maximum atomic E-state index is 14.2. The minimum absolute atomic E-state index is 0.0989. The number of likely N-dealkylation sites (tertiary alicyclic amines) is 1. The SMILES string of the molecule is CCCN1CCCCC(CN)C1c1cccc(F)c1F. The first-order valence-electron chi connectivity index (χ1n) is 7.57. The molecule has 4 heteroatoms. The van der Waals surface area contributed by atoms with Crippen molar-refractivity contribution >= 4 is 0 Å². The molecule has 0 amide bonds. The van der Waals surface area contributed by atoms with E-state index in [0.717, 1.165) is 38.8 Å². The molecule has 0 radical (unpaired) electrons. The fraction of sp³-hybridized carbons (Fsp3) is 0.625. The summed E-state index contributed by atoms with van der Waals surface area (Å²) in [4.78, 5) is 2.28. The lowest BCUT2D eigenvalue weighted by Crippen LogP contribution is -2.36. The average Bonchev–Trinajstić information content (AvgIpc) is 2.65. The molecule has 0 aliphatic carbocycles. The van der Waals surface area contributed by atoms with E-state index in [-0.39, 0.29) is 12.0 Å². The van der Waals surface area contributed by atoms with Gasteiger partial charge < -0.3 is 5.73 Å². The van der Waals surface area contributed by atoms with Crippen LogP contribution in [0.5, 0.6) is 0 Å². The summed E-state index contributed by atoms with van der Waals surface area (Å²) in [7, 11) is 0. The van der Waals surface area contributed by atoms with Gasteiger partial charge in [0, 0.05) is 11.6 Å². The Labute approximate surface area is 120 Å². The number of nitrogens with zero attached hydrogens (tertiary/aromatic N) is 1. The zero-order valence-electron chi connectivity index (χ0n) is 12.1. The van der Waals surface area contributed by atoms with Gasteiger partial charge in [-0.05, 0) is 50.9 Å². The molecule has 1 heterocycles. The summed E-state index contributed by atoms with van der Waals surface area (Å²) in [6.45, 7) is 4.46. The number of hydrogen-bond acceptors (Lipinski definition) is 2. The quantitative estimate of drug-likeness (QED) is 0.916. The highest BCUT2D eigenvalue weighted by atomic mass is 19.2. The first-order valence-corrected chi connectivity index (χ1v) is 7.57. The smallest absolute Gasteiger partial charge is 0.163 e. The van der Waals surface area contributed by atoms with Gasteiger partial charge in [-0.2, -0.15) is 0 Å². The number of rotatable bonds is 4. The predicted octanol–water partition coefficient (Wildman–Crippen LogP) is 3.48. The second-order valence-electron chi connectivity index (χ2n) is 5.62. The zero-order valence-corrected chi connectivity index (χ0v) is 12.1. The fourth-order valence-electron chi connectivity index (χ4n) is 3.30. The van der Waals surface area contributed by atoms with E-state index in [1.54, 1.807) is 12.1 Å². The summed E-state index contributed by atoms with van der Waals surface area (Å²) in [6.07, 6.45) is 4.20. The molecule has 2 unspecified atom stereocenters. The Balaban J connectivity index is 2.40. The highest BCUT2D eigenvalue weighted by molar-refractivity contribution is 5.24. The molecule has 1 aliphatic heterocycles. The van der Waals surface area contributed by atoms with Crippen LogP contribution in [0, 0.1) is 17.6 Å². The van der Waals surface area contributed by atoms with Gasteiger partial charge in [0.25, 0.3) is 0 Å². The summed E-state index contributed by atoms with van der Waals surface area (Å²) in [5.74, 6) is -1.28. The molecule has 0 aromatic heterocycles. The second-order valence-corrected chi connectivity index (χ2v) is 5.62. The summed E-state index contributed by atoms with van der Waals surface area (Å²) in [5.41, 5.74) is 6.37. The Kier molecular flexibility index (Phi) is 5.49. The van der Waals surface area contributed by atoms with Crippen LogP contribution in [0.3, 0.4) is 0 Å². The standard InChI is InChI=1S/C16H24F2N2/c1-2-9-20-10-4-3-6-12(11-19)16(20)13-7-5-8-14(17)15(13)18/h5,7-8,12,16H,2-4,6,9-11,19H2,1H3. The van der Waals surface area contributed by atoms with Crippen molar-refractivity contribution in [2.45, 2.75) is 38.6 Å². The van der Waals surface area contributed by atoms with Crippen LogP contribution in [0.25, 0.3) is 0 Å². The molecule has 1 aliphatic rings. The molecule has 112 valence electrons. The molecule has 0 bridgehead atoms. The van der Waals surface area contributed by atoms with Gasteiger partial charge in [-0.15, -0.1) is 0 Å². The number of hydrogen-bond donors (Lipinski definition) is 1. The van der Waals surface area contributed by atoms with Gasteiger partial charge in [-0.25, -0.2) is 8.78 Å². The fourth-order valence-corrected chi connectivity index (χ4v) is 3.30. The van der Waals surface area contributed by atoms with Crippen molar-refractivity contribution in [3.8, 4) is 0 Å². The van der Waals surface area contributed by atoms with Gasteiger partial charge in [0.1, 0.15) is 0 Å². The highest BCUT2D eigenvalue weighted by Gasteiger charge is 2.32. The van der Waals surface area contributed by atoms with Gasteiger partial charge >= 0.3 is 0 Å². The average molecular weight is 282 g/mol. The third-order valence-electron chi connectivity index (χ3n) is 4.22. The lowest BCUT2D eigenvalue weighted by Gasteiger charge is -2.35. The summed E-state index contributed by atoms with van der Waals surface area (Å²) < 4.78 is 27.8. The number of benzene rings is 1. The van der Waals surface area contributed by atoms with Crippen molar-refractivity contribution in [1.29, 1.82) is 0 Å². The minimum Gasteiger partial charge on any atom is -0.330 e. The zero-order chi connectivity index (χ0) is 14.5. The van der Waals surface area contributed by atoms with Crippen LogP contribution in [0.15, 0.2) is 18.2 Å². The number of nitrogens with two attached hydrogens (primary N) is 1. The summed E-state index contributed by atoms with van der Waals surface area (Å²) in [6, 6.07) is 4.38. The minimum atomic E-state index is -0.765. The molecule has 1 fully saturated rings. The van der Waals surface area contributed by atoms with E-state index in [9.17, 15) is 8.78 Å². The van der Waals surface area contributed by atoms with Crippen LogP contribution < -0.4 is 5.73 Å². The van der Waals surface area contributed by atoms with Gasteiger partial charge in [0.05, 0.1) is 0 Å².